The number of ether oxygens (including phenoxy) is 2. The van der Waals surface area contributed by atoms with Crippen LogP contribution >= 0.6 is 0 Å². The zero-order chi connectivity index (χ0) is 19.8. The Hall–Kier alpha value is -2.93. The summed E-state index contributed by atoms with van der Waals surface area (Å²) in [7, 11) is 1.69. The van der Waals surface area contributed by atoms with Crippen molar-refractivity contribution in [3.63, 3.8) is 0 Å². The van der Waals surface area contributed by atoms with Crippen molar-refractivity contribution in [3.8, 4) is 11.5 Å². The van der Waals surface area contributed by atoms with Crippen LogP contribution in [0, 0.1) is 0 Å². The molecule has 0 unspecified atom stereocenters. The lowest BCUT2D eigenvalue weighted by Gasteiger charge is -2.36. The first-order valence-electron chi connectivity index (χ1n) is 9.55. The predicted molar refractivity (Wildman–Crippen MR) is 111 cm³/mol. The minimum absolute atomic E-state index is 0.569. The predicted octanol–water partition coefficient (Wildman–Crippen LogP) is 2.78. The topological polar surface area (TPSA) is 80.1 Å². The number of anilines is 2. The molecule has 28 heavy (non-hydrogen) atoms. The molecule has 1 heterocycles. The molecule has 0 aromatic heterocycles. The van der Waals surface area contributed by atoms with Crippen LogP contribution < -0.4 is 25.4 Å². The molecule has 1 aliphatic rings. The molecule has 0 atom stereocenters. The number of primary amides is 1. The maximum atomic E-state index is 10.8. The summed E-state index contributed by atoms with van der Waals surface area (Å²) in [6.07, 6.45) is 0.976. The number of nitrogens with one attached hydrogen (secondary N) is 1. The molecule has 1 aliphatic heterocycles. The van der Waals surface area contributed by atoms with Crippen LogP contribution in [0.15, 0.2) is 48.5 Å². The van der Waals surface area contributed by atoms with Crippen LogP contribution in [0.5, 0.6) is 11.5 Å². The van der Waals surface area contributed by atoms with E-state index in [2.05, 4.69) is 27.2 Å². The van der Waals surface area contributed by atoms with Crippen molar-refractivity contribution in [2.75, 3.05) is 56.7 Å². The van der Waals surface area contributed by atoms with Gasteiger partial charge >= 0.3 is 6.03 Å². The average Bonchev–Trinajstić information content (AvgIpc) is 2.72. The average molecular weight is 384 g/mol. The molecule has 2 aromatic rings. The largest absolute Gasteiger partial charge is 0.497 e. The second kappa shape index (κ2) is 9.85. The Morgan fingerprint density at radius 2 is 1.64 bits per heavy atom. The molecule has 0 saturated carbocycles. The maximum Gasteiger partial charge on any atom is 0.316 e. The number of benzene rings is 2. The molecular weight excluding hydrogens is 356 g/mol. The van der Waals surface area contributed by atoms with E-state index in [1.165, 1.54) is 5.69 Å². The van der Waals surface area contributed by atoms with E-state index in [0.717, 1.165) is 50.6 Å². The van der Waals surface area contributed by atoms with Crippen LogP contribution in [0.3, 0.4) is 0 Å². The van der Waals surface area contributed by atoms with Crippen LogP contribution in [0.25, 0.3) is 0 Å². The first kappa shape index (κ1) is 19.8. The van der Waals surface area contributed by atoms with Gasteiger partial charge in [0.1, 0.15) is 11.5 Å². The van der Waals surface area contributed by atoms with Crippen LogP contribution in [-0.4, -0.2) is 57.4 Å². The molecule has 3 N–H and O–H groups in total. The number of hydrogen-bond acceptors (Lipinski definition) is 5. The highest BCUT2D eigenvalue weighted by Gasteiger charge is 2.16. The van der Waals surface area contributed by atoms with Gasteiger partial charge in [0.25, 0.3) is 0 Å². The minimum atomic E-state index is -0.569. The number of carbonyl (C=O) groups is 1. The van der Waals surface area contributed by atoms with E-state index < -0.39 is 6.03 Å². The van der Waals surface area contributed by atoms with Crippen molar-refractivity contribution in [1.82, 2.24) is 4.90 Å². The van der Waals surface area contributed by atoms with Crippen LogP contribution in [-0.2, 0) is 0 Å². The van der Waals surface area contributed by atoms with Gasteiger partial charge in [-0.3, -0.25) is 4.90 Å². The normalized spacial score (nSPS) is 14.5. The van der Waals surface area contributed by atoms with Gasteiger partial charge in [-0.2, -0.15) is 0 Å². The van der Waals surface area contributed by atoms with Crippen molar-refractivity contribution >= 4 is 17.4 Å². The van der Waals surface area contributed by atoms with Crippen LogP contribution in [0.2, 0.25) is 0 Å². The molecule has 0 radical (unpaired) electrons. The maximum absolute atomic E-state index is 10.8. The van der Waals surface area contributed by atoms with E-state index in [9.17, 15) is 4.79 Å². The van der Waals surface area contributed by atoms with Gasteiger partial charge in [-0.05, 0) is 55.0 Å². The molecule has 0 bridgehead atoms. The van der Waals surface area contributed by atoms with E-state index in [1.54, 1.807) is 19.2 Å². The number of nitrogens with zero attached hydrogens (tertiary/aromatic N) is 2. The number of methoxy groups -OCH3 is 1. The molecule has 0 spiro atoms. The lowest BCUT2D eigenvalue weighted by atomic mass is 10.2. The second-order valence-electron chi connectivity index (χ2n) is 6.74. The fraction of sp³-hybridized carbons (Fsp3) is 0.381. The van der Waals surface area contributed by atoms with Crippen LogP contribution in [0.1, 0.15) is 6.42 Å². The summed E-state index contributed by atoms with van der Waals surface area (Å²) in [5.41, 5.74) is 7.00. The smallest absolute Gasteiger partial charge is 0.316 e. The van der Waals surface area contributed by atoms with Gasteiger partial charge in [-0.25, -0.2) is 4.79 Å². The number of urea groups is 1. The van der Waals surface area contributed by atoms with Gasteiger partial charge in [-0.1, -0.05) is 0 Å². The SMILES string of the molecule is COc1ccc(N2CCN(CCCOc3ccc(NC(N)=O)cc3)CC2)cc1. The molecule has 0 aliphatic carbocycles. The lowest BCUT2D eigenvalue weighted by Crippen LogP contribution is -2.46. The number of rotatable bonds is 8. The van der Waals surface area contributed by atoms with Gasteiger partial charge in [-0.15, -0.1) is 0 Å². The second-order valence-corrected chi connectivity index (χ2v) is 6.74. The Kier molecular flexibility index (Phi) is 6.97. The first-order valence-corrected chi connectivity index (χ1v) is 9.55. The van der Waals surface area contributed by atoms with E-state index in [-0.39, 0.29) is 0 Å². The van der Waals surface area contributed by atoms with E-state index in [4.69, 9.17) is 15.2 Å². The fourth-order valence-corrected chi connectivity index (χ4v) is 3.28. The monoisotopic (exact) mass is 384 g/mol. The molecule has 7 heteroatoms. The lowest BCUT2D eigenvalue weighted by molar-refractivity contribution is 0.225. The molecule has 2 aromatic carbocycles. The Labute approximate surface area is 166 Å². The highest BCUT2D eigenvalue weighted by atomic mass is 16.5. The number of amides is 2. The number of hydrogen-bond donors (Lipinski definition) is 2. The summed E-state index contributed by atoms with van der Waals surface area (Å²) in [6.45, 7) is 5.86. The fourth-order valence-electron chi connectivity index (χ4n) is 3.28. The molecule has 1 saturated heterocycles. The zero-order valence-corrected chi connectivity index (χ0v) is 16.3. The van der Waals surface area contributed by atoms with Gasteiger partial charge in [0, 0.05) is 44.1 Å². The molecule has 2 amide bonds. The zero-order valence-electron chi connectivity index (χ0n) is 16.3. The van der Waals surface area contributed by atoms with Gasteiger partial charge in [0.15, 0.2) is 0 Å². The number of nitrogens with two attached hydrogens (primary N) is 1. The van der Waals surface area contributed by atoms with Gasteiger partial charge in [0.05, 0.1) is 13.7 Å². The summed E-state index contributed by atoms with van der Waals surface area (Å²) >= 11 is 0. The number of piperazine rings is 1. The Bertz CT molecular complexity index is 741. The molecule has 1 fully saturated rings. The summed E-state index contributed by atoms with van der Waals surface area (Å²) in [5, 5.41) is 2.53. The Morgan fingerprint density at radius 3 is 2.25 bits per heavy atom. The first-order chi connectivity index (χ1) is 13.6. The highest BCUT2D eigenvalue weighted by Crippen LogP contribution is 2.20. The molecule has 3 rings (SSSR count). The van der Waals surface area contributed by atoms with Crippen molar-refractivity contribution in [2.24, 2.45) is 5.73 Å². The van der Waals surface area contributed by atoms with Crippen molar-refractivity contribution in [1.29, 1.82) is 0 Å². The van der Waals surface area contributed by atoms with Gasteiger partial charge in [0.2, 0.25) is 0 Å². The van der Waals surface area contributed by atoms with E-state index in [0.29, 0.717) is 12.3 Å². The van der Waals surface area contributed by atoms with Crippen molar-refractivity contribution in [3.05, 3.63) is 48.5 Å². The third-order valence-corrected chi connectivity index (χ3v) is 4.82. The number of carbonyl (C=O) groups excluding carboxylic acids is 1. The quantitative estimate of drug-likeness (QED) is 0.684. The van der Waals surface area contributed by atoms with Gasteiger partial charge < -0.3 is 25.4 Å². The molecular formula is C21H28N4O3. The van der Waals surface area contributed by atoms with Crippen molar-refractivity contribution in [2.45, 2.75) is 6.42 Å². The van der Waals surface area contributed by atoms with Crippen LogP contribution in [0.4, 0.5) is 16.2 Å². The third-order valence-electron chi connectivity index (χ3n) is 4.82. The Morgan fingerprint density at radius 1 is 1.00 bits per heavy atom. The summed E-state index contributed by atoms with van der Waals surface area (Å²) in [6, 6.07) is 14.9. The summed E-state index contributed by atoms with van der Waals surface area (Å²) < 4.78 is 11.0. The summed E-state index contributed by atoms with van der Waals surface area (Å²) in [5.74, 6) is 1.68. The standard InChI is InChI=1S/C21H28N4O3/c1-27-19-9-5-18(6-10-19)25-14-12-24(13-15-25)11-2-16-28-20-7-3-17(4-8-20)23-21(22)26/h3-10H,2,11-16H2,1H3,(H3,22,23,26). The minimum Gasteiger partial charge on any atom is -0.497 e. The van der Waals surface area contributed by atoms with E-state index in [1.807, 2.05) is 24.3 Å². The highest BCUT2D eigenvalue weighted by molar-refractivity contribution is 5.87. The molecule has 150 valence electrons. The summed E-state index contributed by atoms with van der Waals surface area (Å²) in [4.78, 5) is 15.7. The van der Waals surface area contributed by atoms with E-state index >= 15 is 0 Å². The van der Waals surface area contributed by atoms with Crippen molar-refractivity contribution < 1.29 is 14.3 Å². The third kappa shape index (κ3) is 5.79. The Balaban J connectivity index is 1.33. The molecule has 7 nitrogen and oxygen atoms in total.